The van der Waals surface area contributed by atoms with Crippen LogP contribution in [0.5, 0.6) is 0 Å². The summed E-state index contributed by atoms with van der Waals surface area (Å²) in [6, 6.07) is 26.7. The Morgan fingerprint density at radius 2 is 1.34 bits per heavy atom. The molecule has 0 aliphatic rings. The molecule has 6 nitrogen and oxygen atoms in total. The van der Waals surface area contributed by atoms with Crippen molar-refractivity contribution in [1.82, 2.24) is 9.88 Å². The Balaban J connectivity index is 1.35. The van der Waals surface area contributed by atoms with Crippen molar-refractivity contribution in [1.29, 1.82) is 0 Å². The predicted octanol–water partition coefficient (Wildman–Crippen LogP) is 5.30. The lowest BCUT2D eigenvalue weighted by Gasteiger charge is -2.07. The number of ether oxygens (including phenoxy) is 2. The Hall–Kier alpha value is -4.06. The van der Waals surface area contributed by atoms with Crippen LogP contribution in [-0.2, 0) is 29.1 Å². The molecule has 0 bridgehead atoms. The van der Waals surface area contributed by atoms with Crippen LogP contribution in [0.4, 0.5) is 9.59 Å². The third kappa shape index (κ3) is 5.35. The molecule has 1 aromatic heterocycles. The second kappa shape index (κ2) is 10.3. The lowest BCUT2D eigenvalue weighted by Crippen LogP contribution is -2.26. The minimum absolute atomic E-state index is 0.205. The smallest absolute Gasteiger partial charge is 0.418 e. The standard InChI is InChI=1S/C26H24N2O4/c29-25(31-18-20-9-3-1-4-10-20)27-16-15-22-17-28(24-14-8-7-13-23(22)24)26(30)32-19-21-11-5-2-6-12-21/h1-14,17H,15-16,18-19H2,(H,27,29). The van der Waals surface area contributed by atoms with Gasteiger partial charge in [0, 0.05) is 18.1 Å². The van der Waals surface area contributed by atoms with Crippen LogP contribution in [0.2, 0.25) is 0 Å². The summed E-state index contributed by atoms with van der Waals surface area (Å²) in [5, 5.41) is 3.71. The minimum Gasteiger partial charge on any atom is -0.445 e. The maximum atomic E-state index is 12.7. The average Bonchev–Trinajstić information content (AvgIpc) is 3.21. The number of nitrogens with zero attached hydrogens (tertiary/aromatic N) is 1. The van der Waals surface area contributed by atoms with E-state index in [1.165, 1.54) is 4.57 Å². The molecule has 0 radical (unpaired) electrons. The molecule has 32 heavy (non-hydrogen) atoms. The molecule has 0 atom stereocenters. The fraction of sp³-hybridized carbons (Fsp3) is 0.154. The number of rotatable bonds is 7. The maximum absolute atomic E-state index is 12.7. The van der Waals surface area contributed by atoms with Gasteiger partial charge in [0.15, 0.2) is 0 Å². The quantitative estimate of drug-likeness (QED) is 0.434. The van der Waals surface area contributed by atoms with Crippen molar-refractivity contribution in [2.24, 2.45) is 0 Å². The number of hydrogen-bond donors (Lipinski definition) is 1. The van der Waals surface area contributed by atoms with Crippen molar-refractivity contribution in [2.75, 3.05) is 6.54 Å². The van der Waals surface area contributed by atoms with Crippen molar-refractivity contribution in [2.45, 2.75) is 19.6 Å². The summed E-state index contributed by atoms with van der Waals surface area (Å²) in [6.07, 6.45) is 1.42. The highest BCUT2D eigenvalue weighted by atomic mass is 16.6. The van der Waals surface area contributed by atoms with E-state index in [-0.39, 0.29) is 13.2 Å². The van der Waals surface area contributed by atoms with Crippen LogP contribution in [0.15, 0.2) is 91.1 Å². The number of carbonyl (C=O) groups is 2. The number of amides is 1. The summed E-state index contributed by atoms with van der Waals surface area (Å²) in [5.41, 5.74) is 3.57. The summed E-state index contributed by atoms with van der Waals surface area (Å²) >= 11 is 0. The fourth-order valence-electron chi connectivity index (χ4n) is 3.46. The number of alkyl carbamates (subject to hydrolysis) is 1. The lowest BCUT2D eigenvalue weighted by atomic mass is 10.1. The summed E-state index contributed by atoms with van der Waals surface area (Å²) in [4.78, 5) is 24.7. The normalized spacial score (nSPS) is 10.6. The second-order valence-corrected chi connectivity index (χ2v) is 7.32. The van der Waals surface area contributed by atoms with Crippen LogP contribution < -0.4 is 5.32 Å². The summed E-state index contributed by atoms with van der Waals surface area (Å²) in [5.74, 6) is 0. The van der Waals surface area contributed by atoms with Crippen LogP contribution in [0.3, 0.4) is 0 Å². The zero-order valence-corrected chi connectivity index (χ0v) is 17.6. The SMILES string of the molecule is O=C(NCCc1cn(C(=O)OCc2ccccc2)c2ccccc12)OCc1ccccc1. The van der Waals surface area contributed by atoms with Crippen molar-refractivity contribution < 1.29 is 19.1 Å². The summed E-state index contributed by atoms with van der Waals surface area (Å²) in [6.45, 7) is 0.816. The van der Waals surface area contributed by atoms with E-state index in [2.05, 4.69) is 5.32 Å². The molecule has 4 rings (SSSR count). The van der Waals surface area contributed by atoms with Gasteiger partial charge in [-0.25, -0.2) is 9.59 Å². The van der Waals surface area contributed by atoms with Gasteiger partial charge in [-0.15, -0.1) is 0 Å². The molecule has 4 aromatic rings. The molecular formula is C26H24N2O4. The lowest BCUT2D eigenvalue weighted by molar-refractivity contribution is 0.139. The van der Waals surface area contributed by atoms with Gasteiger partial charge in [0.2, 0.25) is 0 Å². The molecule has 0 saturated heterocycles. The van der Waals surface area contributed by atoms with Crippen LogP contribution in [-0.4, -0.2) is 23.3 Å². The monoisotopic (exact) mass is 428 g/mol. The molecule has 0 saturated carbocycles. The number of nitrogens with one attached hydrogen (secondary N) is 1. The minimum atomic E-state index is -0.472. The Morgan fingerprint density at radius 3 is 2.03 bits per heavy atom. The largest absolute Gasteiger partial charge is 0.445 e. The van der Waals surface area contributed by atoms with Crippen molar-refractivity contribution in [3.05, 3.63) is 108 Å². The van der Waals surface area contributed by atoms with E-state index in [0.29, 0.717) is 13.0 Å². The van der Waals surface area contributed by atoms with Gasteiger partial charge in [-0.05, 0) is 29.2 Å². The Bertz CT molecular complexity index is 1190. The highest BCUT2D eigenvalue weighted by Crippen LogP contribution is 2.22. The van der Waals surface area contributed by atoms with E-state index in [1.54, 1.807) is 6.20 Å². The average molecular weight is 428 g/mol. The molecule has 1 heterocycles. The van der Waals surface area contributed by atoms with Gasteiger partial charge in [-0.2, -0.15) is 0 Å². The Labute approximate surface area is 186 Å². The molecule has 0 unspecified atom stereocenters. The molecule has 0 spiro atoms. The summed E-state index contributed by atoms with van der Waals surface area (Å²) in [7, 11) is 0. The van der Waals surface area contributed by atoms with Crippen molar-refractivity contribution in [3.8, 4) is 0 Å². The van der Waals surface area contributed by atoms with Crippen LogP contribution >= 0.6 is 0 Å². The van der Waals surface area contributed by atoms with E-state index in [4.69, 9.17) is 9.47 Å². The third-order valence-corrected chi connectivity index (χ3v) is 5.07. The van der Waals surface area contributed by atoms with E-state index in [0.717, 1.165) is 27.6 Å². The van der Waals surface area contributed by atoms with Gasteiger partial charge in [0.25, 0.3) is 0 Å². The topological polar surface area (TPSA) is 69.6 Å². The van der Waals surface area contributed by atoms with E-state index in [9.17, 15) is 9.59 Å². The molecule has 0 aliphatic heterocycles. The van der Waals surface area contributed by atoms with Gasteiger partial charge in [-0.3, -0.25) is 4.57 Å². The van der Waals surface area contributed by atoms with Crippen LogP contribution in [0.25, 0.3) is 10.9 Å². The first-order chi connectivity index (χ1) is 15.7. The Morgan fingerprint density at radius 1 is 0.750 bits per heavy atom. The number of para-hydroxylation sites is 1. The number of hydrogen-bond acceptors (Lipinski definition) is 4. The van der Waals surface area contributed by atoms with Gasteiger partial charge in [-0.1, -0.05) is 78.9 Å². The first kappa shape index (κ1) is 21.2. The molecule has 1 amide bonds. The second-order valence-electron chi connectivity index (χ2n) is 7.32. The number of benzene rings is 3. The first-order valence-electron chi connectivity index (χ1n) is 10.5. The zero-order valence-electron chi connectivity index (χ0n) is 17.6. The van der Waals surface area contributed by atoms with Crippen molar-refractivity contribution >= 4 is 23.1 Å². The molecule has 6 heteroatoms. The third-order valence-electron chi connectivity index (χ3n) is 5.07. The predicted molar refractivity (Wildman–Crippen MR) is 122 cm³/mol. The highest BCUT2D eigenvalue weighted by Gasteiger charge is 2.15. The van der Waals surface area contributed by atoms with Crippen LogP contribution in [0.1, 0.15) is 16.7 Å². The fourth-order valence-corrected chi connectivity index (χ4v) is 3.46. The highest BCUT2D eigenvalue weighted by molar-refractivity contribution is 5.92. The maximum Gasteiger partial charge on any atom is 0.418 e. The van der Waals surface area contributed by atoms with Crippen LogP contribution in [0, 0.1) is 0 Å². The number of carbonyl (C=O) groups excluding carboxylic acids is 2. The molecule has 3 aromatic carbocycles. The van der Waals surface area contributed by atoms with E-state index in [1.807, 2.05) is 84.9 Å². The van der Waals surface area contributed by atoms with Crippen molar-refractivity contribution in [3.63, 3.8) is 0 Å². The molecule has 162 valence electrons. The molecule has 1 N–H and O–H groups in total. The van der Waals surface area contributed by atoms with Gasteiger partial charge < -0.3 is 14.8 Å². The number of aromatic nitrogens is 1. The Kier molecular flexibility index (Phi) is 6.82. The number of fused-ring (bicyclic) bond motifs is 1. The van der Waals surface area contributed by atoms with Gasteiger partial charge >= 0.3 is 12.2 Å². The van der Waals surface area contributed by atoms with E-state index < -0.39 is 12.2 Å². The van der Waals surface area contributed by atoms with E-state index >= 15 is 0 Å². The molecular weight excluding hydrogens is 404 g/mol. The first-order valence-corrected chi connectivity index (χ1v) is 10.5. The van der Waals surface area contributed by atoms with Gasteiger partial charge in [0.1, 0.15) is 13.2 Å². The molecule has 0 aliphatic carbocycles. The zero-order chi connectivity index (χ0) is 22.2. The molecule has 0 fully saturated rings. The summed E-state index contributed by atoms with van der Waals surface area (Å²) < 4.78 is 12.2. The van der Waals surface area contributed by atoms with Gasteiger partial charge in [0.05, 0.1) is 5.52 Å².